The number of carbonyl (C=O) groups is 1. The summed E-state index contributed by atoms with van der Waals surface area (Å²) in [6.45, 7) is 3.09. The molecular weight excluding hydrogens is 244 g/mol. The fourth-order valence-electron chi connectivity index (χ4n) is 2.23. The molecule has 1 aliphatic carbocycles. The molecule has 0 aromatic carbocycles. The second-order valence-electron chi connectivity index (χ2n) is 4.96. The lowest BCUT2D eigenvalue weighted by molar-refractivity contribution is 0.0591. The Balaban J connectivity index is 2.17. The van der Waals surface area contributed by atoms with Crippen molar-refractivity contribution < 1.29 is 14.6 Å². The summed E-state index contributed by atoms with van der Waals surface area (Å²) in [5.41, 5.74) is 0.304. The van der Waals surface area contributed by atoms with Crippen molar-refractivity contribution in [3.05, 3.63) is 24.0 Å². The molecule has 0 radical (unpaired) electrons. The molecule has 1 unspecified atom stereocenters. The molecule has 0 saturated heterocycles. The van der Waals surface area contributed by atoms with Crippen LogP contribution >= 0.6 is 0 Å². The molecule has 1 amide bonds. The number of amides is 1. The number of pyridine rings is 1. The molecule has 1 aromatic heterocycles. The Hall–Kier alpha value is -1.62. The Morgan fingerprint density at radius 3 is 2.95 bits per heavy atom. The van der Waals surface area contributed by atoms with Crippen LogP contribution in [0.1, 0.15) is 30.1 Å². The van der Waals surface area contributed by atoms with Gasteiger partial charge >= 0.3 is 0 Å². The summed E-state index contributed by atoms with van der Waals surface area (Å²) in [4.78, 5) is 18.1. The topological polar surface area (TPSA) is 62.7 Å². The number of hydrogen-bond acceptors (Lipinski definition) is 4. The van der Waals surface area contributed by atoms with Gasteiger partial charge in [0.1, 0.15) is 5.75 Å². The van der Waals surface area contributed by atoms with E-state index in [1.54, 1.807) is 18.1 Å². The third kappa shape index (κ3) is 3.23. The van der Waals surface area contributed by atoms with E-state index in [2.05, 4.69) is 11.9 Å². The van der Waals surface area contributed by atoms with Crippen molar-refractivity contribution in [2.45, 2.75) is 25.8 Å². The Morgan fingerprint density at radius 2 is 2.37 bits per heavy atom. The van der Waals surface area contributed by atoms with Crippen LogP contribution in [0.4, 0.5) is 0 Å². The minimum atomic E-state index is -0.156. The number of carbonyl (C=O) groups excluding carboxylic acids is 1. The lowest BCUT2D eigenvalue weighted by Crippen LogP contribution is -2.42. The van der Waals surface area contributed by atoms with Crippen LogP contribution in [-0.2, 0) is 4.74 Å². The summed E-state index contributed by atoms with van der Waals surface area (Å²) in [6.07, 6.45) is 5.15. The van der Waals surface area contributed by atoms with Crippen LogP contribution in [0.3, 0.4) is 0 Å². The molecule has 1 fully saturated rings. The van der Waals surface area contributed by atoms with E-state index in [9.17, 15) is 9.90 Å². The van der Waals surface area contributed by atoms with E-state index in [-0.39, 0.29) is 17.7 Å². The van der Waals surface area contributed by atoms with E-state index >= 15 is 0 Å². The molecule has 5 heteroatoms. The summed E-state index contributed by atoms with van der Waals surface area (Å²) in [7, 11) is 1.62. The van der Waals surface area contributed by atoms with Crippen molar-refractivity contribution in [1.82, 2.24) is 9.88 Å². The number of nitrogens with zero attached hydrogens (tertiary/aromatic N) is 2. The zero-order valence-electron chi connectivity index (χ0n) is 11.4. The molecule has 104 valence electrons. The van der Waals surface area contributed by atoms with Crippen molar-refractivity contribution in [3.8, 4) is 5.75 Å². The molecule has 0 spiro atoms. The zero-order chi connectivity index (χ0) is 13.8. The number of aromatic nitrogens is 1. The summed E-state index contributed by atoms with van der Waals surface area (Å²) < 4.78 is 5.07. The van der Waals surface area contributed by atoms with Gasteiger partial charge in [-0.05, 0) is 31.7 Å². The minimum absolute atomic E-state index is 0.0714. The summed E-state index contributed by atoms with van der Waals surface area (Å²) in [5, 5.41) is 9.75. The maximum Gasteiger partial charge on any atom is 0.258 e. The number of rotatable bonds is 6. The van der Waals surface area contributed by atoms with Crippen LogP contribution in [0.25, 0.3) is 0 Å². The molecule has 5 nitrogen and oxygen atoms in total. The van der Waals surface area contributed by atoms with E-state index < -0.39 is 0 Å². The monoisotopic (exact) mass is 264 g/mol. The zero-order valence-corrected chi connectivity index (χ0v) is 11.4. The number of aromatic hydroxyl groups is 1. The molecule has 2 rings (SSSR count). The van der Waals surface area contributed by atoms with Crippen LogP contribution in [-0.4, -0.2) is 47.2 Å². The molecule has 1 aromatic rings. The Bertz CT molecular complexity index is 446. The molecule has 0 bridgehead atoms. The van der Waals surface area contributed by atoms with Crippen molar-refractivity contribution >= 4 is 5.91 Å². The van der Waals surface area contributed by atoms with Gasteiger partial charge in [-0.25, -0.2) is 0 Å². The van der Waals surface area contributed by atoms with Crippen molar-refractivity contribution in [1.29, 1.82) is 0 Å². The Morgan fingerprint density at radius 1 is 1.63 bits per heavy atom. The average Bonchev–Trinajstić information content (AvgIpc) is 3.23. The fourth-order valence-corrected chi connectivity index (χ4v) is 2.23. The van der Waals surface area contributed by atoms with Crippen LogP contribution in [0, 0.1) is 5.92 Å². The second-order valence-corrected chi connectivity index (χ2v) is 4.96. The molecule has 19 heavy (non-hydrogen) atoms. The maximum atomic E-state index is 12.5. The van der Waals surface area contributed by atoms with Gasteiger partial charge in [-0.1, -0.05) is 0 Å². The smallest absolute Gasteiger partial charge is 0.258 e. The average molecular weight is 264 g/mol. The first-order chi connectivity index (χ1) is 9.15. The standard InChI is InChI=1S/C14H20N2O3/c1-10(11-3-4-11)16(7-8-19-2)14(18)12-5-6-15-9-13(12)17/h5-6,9-11,17H,3-4,7-8H2,1-2H3. The highest BCUT2D eigenvalue weighted by atomic mass is 16.5. The summed E-state index contributed by atoms with van der Waals surface area (Å²) in [6, 6.07) is 1.73. The van der Waals surface area contributed by atoms with E-state index in [0.717, 1.165) is 0 Å². The van der Waals surface area contributed by atoms with Crippen LogP contribution in [0.5, 0.6) is 5.75 Å². The summed E-state index contributed by atoms with van der Waals surface area (Å²) in [5.74, 6) is 0.346. The van der Waals surface area contributed by atoms with E-state index in [0.29, 0.717) is 24.6 Å². The molecule has 1 atom stereocenters. The molecule has 1 N–H and O–H groups in total. The maximum absolute atomic E-state index is 12.5. The third-order valence-corrected chi connectivity index (χ3v) is 3.62. The third-order valence-electron chi connectivity index (χ3n) is 3.62. The second kappa shape index (κ2) is 6.02. The largest absolute Gasteiger partial charge is 0.505 e. The lowest BCUT2D eigenvalue weighted by Gasteiger charge is -2.29. The van der Waals surface area contributed by atoms with Crippen molar-refractivity contribution in [2.24, 2.45) is 5.92 Å². The van der Waals surface area contributed by atoms with Gasteiger partial charge in [0.05, 0.1) is 18.4 Å². The summed E-state index contributed by atoms with van der Waals surface area (Å²) >= 11 is 0. The van der Waals surface area contributed by atoms with Gasteiger partial charge < -0.3 is 14.7 Å². The minimum Gasteiger partial charge on any atom is -0.505 e. The lowest BCUT2D eigenvalue weighted by atomic mass is 10.1. The number of ether oxygens (including phenoxy) is 1. The Labute approximate surface area is 113 Å². The van der Waals surface area contributed by atoms with Crippen molar-refractivity contribution in [2.75, 3.05) is 20.3 Å². The van der Waals surface area contributed by atoms with Gasteiger partial charge in [0.15, 0.2) is 0 Å². The van der Waals surface area contributed by atoms with E-state index in [1.165, 1.54) is 25.2 Å². The van der Waals surface area contributed by atoms with Gasteiger partial charge in [0.2, 0.25) is 0 Å². The van der Waals surface area contributed by atoms with Gasteiger partial charge in [0.25, 0.3) is 5.91 Å². The molecule has 1 aliphatic rings. The van der Waals surface area contributed by atoms with E-state index in [4.69, 9.17) is 4.74 Å². The van der Waals surface area contributed by atoms with Crippen LogP contribution in [0.2, 0.25) is 0 Å². The predicted octanol–water partition coefficient (Wildman–Crippen LogP) is 1.67. The Kier molecular flexibility index (Phi) is 4.37. The van der Waals surface area contributed by atoms with Crippen LogP contribution < -0.4 is 0 Å². The van der Waals surface area contributed by atoms with Crippen molar-refractivity contribution in [3.63, 3.8) is 0 Å². The SMILES string of the molecule is COCCN(C(=O)c1ccncc1O)C(C)C1CC1. The van der Waals surface area contributed by atoms with Gasteiger partial charge in [-0.15, -0.1) is 0 Å². The van der Waals surface area contributed by atoms with Gasteiger partial charge in [-0.2, -0.15) is 0 Å². The highest BCUT2D eigenvalue weighted by Gasteiger charge is 2.34. The van der Waals surface area contributed by atoms with Gasteiger partial charge in [0, 0.05) is 25.9 Å². The number of methoxy groups -OCH3 is 1. The van der Waals surface area contributed by atoms with Crippen LogP contribution in [0.15, 0.2) is 18.5 Å². The predicted molar refractivity (Wildman–Crippen MR) is 71.0 cm³/mol. The molecule has 0 aliphatic heterocycles. The highest BCUT2D eigenvalue weighted by molar-refractivity contribution is 5.96. The number of hydrogen-bond donors (Lipinski definition) is 1. The first-order valence-electron chi connectivity index (χ1n) is 6.58. The highest BCUT2D eigenvalue weighted by Crippen LogP contribution is 2.35. The first kappa shape index (κ1) is 13.8. The molecule has 1 heterocycles. The van der Waals surface area contributed by atoms with Gasteiger partial charge in [-0.3, -0.25) is 9.78 Å². The quantitative estimate of drug-likeness (QED) is 0.849. The molecule has 1 saturated carbocycles. The van der Waals surface area contributed by atoms with E-state index in [1.807, 2.05) is 0 Å². The fraction of sp³-hybridized carbons (Fsp3) is 0.571. The normalized spacial score (nSPS) is 16.1. The molecular formula is C14H20N2O3. The first-order valence-corrected chi connectivity index (χ1v) is 6.58.